The summed E-state index contributed by atoms with van der Waals surface area (Å²) >= 11 is 0. The second-order valence-corrected chi connectivity index (χ2v) is 20.1. The van der Waals surface area contributed by atoms with Gasteiger partial charge in [-0.15, -0.1) is 0 Å². The molecule has 0 aliphatic heterocycles. The van der Waals surface area contributed by atoms with Crippen LogP contribution in [0.25, 0.3) is 137 Å². The fraction of sp³-hybridized carbons (Fsp3) is 0.0290. The zero-order valence-electron chi connectivity index (χ0n) is 41.1. The normalized spacial score (nSPS) is 12.1. The molecule has 6 nitrogen and oxygen atoms in total. The van der Waals surface area contributed by atoms with Crippen molar-refractivity contribution in [1.82, 2.24) is 22.8 Å². The van der Waals surface area contributed by atoms with E-state index in [4.69, 9.17) is 0 Å². The summed E-state index contributed by atoms with van der Waals surface area (Å²) in [5.41, 5.74) is 17.5. The van der Waals surface area contributed by atoms with Crippen molar-refractivity contribution in [3.05, 3.63) is 247 Å². The molecule has 350 valence electrons. The summed E-state index contributed by atoms with van der Waals surface area (Å²) in [5.74, 6) is 0. The second kappa shape index (κ2) is 15.5. The molecule has 0 saturated heterocycles. The molecule has 16 aromatic rings. The maximum absolute atomic E-state index is 12.9. The lowest BCUT2D eigenvalue weighted by atomic mass is 10.0. The van der Waals surface area contributed by atoms with E-state index in [1.165, 1.54) is 11.1 Å². The molecule has 75 heavy (non-hydrogen) atoms. The minimum atomic E-state index is 0.540. The molecular weight excluding hydrogens is 913 g/mol. The van der Waals surface area contributed by atoms with Gasteiger partial charge in [0.25, 0.3) is 0 Å². The number of hydrogen-bond donors (Lipinski definition) is 0. The van der Waals surface area contributed by atoms with Crippen LogP contribution in [-0.4, -0.2) is 22.8 Å². The quantitative estimate of drug-likeness (QED) is 0.170. The van der Waals surface area contributed by atoms with E-state index in [1.807, 2.05) is 0 Å². The van der Waals surface area contributed by atoms with Gasteiger partial charge in [-0.2, -0.15) is 5.26 Å². The fourth-order valence-corrected chi connectivity index (χ4v) is 13.0. The van der Waals surface area contributed by atoms with E-state index < -0.39 is 0 Å². The first-order chi connectivity index (χ1) is 37.1. The third-order valence-corrected chi connectivity index (χ3v) is 16.0. The Morgan fingerprint density at radius 3 is 0.680 bits per heavy atom. The Hall–Kier alpha value is -10.1. The van der Waals surface area contributed by atoms with Crippen LogP contribution in [0, 0.1) is 25.2 Å². The fourth-order valence-electron chi connectivity index (χ4n) is 13.0. The highest BCUT2D eigenvalue weighted by molar-refractivity contribution is 6.18. The van der Waals surface area contributed by atoms with Crippen molar-refractivity contribution < 1.29 is 0 Å². The third kappa shape index (κ3) is 5.56. The minimum Gasteiger partial charge on any atom is -0.306 e. The largest absolute Gasteiger partial charge is 0.306 e. The number of fused-ring (bicyclic) bond motifs is 15. The van der Waals surface area contributed by atoms with Gasteiger partial charge in [-0.3, -0.25) is 0 Å². The molecule has 5 aromatic heterocycles. The zero-order chi connectivity index (χ0) is 49.6. The molecule has 0 unspecified atom stereocenters. The molecule has 5 heterocycles. The molecule has 0 amide bonds. The van der Waals surface area contributed by atoms with E-state index in [0.717, 1.165) is 137 Å². The molecular formula is C69H44N6. The molecule has 11 aromatic carbocycles. The first kappa shape index (κ1) is 41.5. The molecule has 0 bridgehead atoms. The lowest BCUT2D eigenvalue weighted by Crippen LogP contribution is -2.18. The van der Waals surface area contributed by atoms with Gasteiger partial charge in [0, 0.05) is 53.9 Å². The average Bonchev–Trinajstić information content (AvgIpc) is 4.31. The predicted octanol–water partition coefficient (Wildman–Crippen LogP) is 17.7. The van der Waals surface area contributed by atoms with Gasteiger partial charge in [-0.25, -0.2) is 0 Å². The lowest BCUT2D eigenvalue weighted by Gasteiger charge is -2.30. The number of rotatable bonds is 5. The molecule has 0 aliphatic carbocycles. The van der Waals surface area contributed by atoms with Crippen LogP contribution in [-0.2, 0) is 0 Å². The number of benzene rings is 11. The molecule has 0 spiro atoms. The monoisotopic (exact) mass is 956 g/mol. The average molecular weight is 957 g/mol. The highest BCUT2D eigenvalue weighted by atomic mass is 15.2. The first-order valence-electron chi connectivity index (χ1n) is 25.7. The Morgan fingerprint density at radius 1 is 0.240 bits per heavy atom. The number of nitrogens with zero attached hydrogens (tertiary/aromatic N) is 6. The van der Waals surface area contributed by atoms with Crippen LogP contribution < -0.4 is 0 Å². The summed E-state index contributed by atoms with van der Waals surface area (Å²) in [6, 6.07) is 86.8. The number of hydrogen-bond acceptors (Lipinski definition) is 1. The van der Waals surface area contributed by atoms with Crippen LogP contribution >= 0.6 is 0 Å². The van der Waals surface area contributed by atoms with Gasteiger partial charge < -0.3 is 22.8 Å². The number of nitriles is 1. The van der Waals surface area contributed by atoms with E-state index in [-0.39, 0.29) is 0 Å². The van der Waals surface area contributed by atoms with Gasteiger partial charge in [-0.05, 0) is 86.6 Å². The summed E-state index contributed by atoms with van der Waals surface area (Å²) in [5, 5.41) is 24.2. The van der Waals surface area contributed by atoms with E-state index in [9.17, 15) is 5.26 Å². The van der Waals surface area contributed by atoms with Gasteiger partial charge in [0.15, 0.2) is 0 Å². The Bertz CT molecular complexity index is 4900. The molecule has 16 rings (SSSR count). The van der Waals surface area contributed by atoms with Crippen molar-refractivity contribution in [2.24, 2.45) is 0 Å². The lowest BCUT2D eigenvalue weighted by molar-refractivity contribution is 0.992. The van der Waals surface area contributed by atoms with Crippen LogP contribution in [0.5, 0.6) is 0 Å². The molecule has 6 heteroatoms. The van der Waals surface area contributed by atoms with Gasteiger partial charge in [0.2, 0.25) is 0 Å². The molecule has 0 fully saturated rings. The minimum absolute atomic E-state index is 0.540. The van der Waals surface area contributed by atoms with Gasteiger partial charge in [0.1, 0.15) is 11.6 Å². The molecule has 0 N–H and O–H groups in total. The van der Waals surface area contributed by atoms with Crippen LogP contribution in [0.3, 0.4) is 0 Å². The number of para-hydroxylation sites is 8. The maximum Gasteiger partial charge on any atom is 0.105 e. The van der Waals surface area contributed by atoms with Crippen LogP contribution in [0.4, 0.5) is 0 Å². The second-order valence-electron chi connectivity index (χ2n) is 20.1. The third-order valence-electron chi connectivity index (χ3n) is 16.0. The first-order valence-corrected chi connectivity index (χ1v) is 25.7. The van der Waals surface area contributed by atoms with E-state index >= 15 is 0 Å². The van der Waals surface area contributed by atoms with Crippen LogP contribution in [0.2, 0.25) is 0 Å². The number of aromatic nitrogens is 5. The smallest absolute Gasteiger partial charge is 0.105 e. The summed E-state index contributed by atoms with van der Waals surface area (Å²) in [4.78, 5) is 0. The van der Waals surface area contributed by atoms with E-state index in [0.29, 0.717) is 5.56 Å². The van der Waals surface area contributed by atoms with Gasteiger partial charge in [-0.1, -0.05) is 169 Å². The van der Waals surface area contributed by atoms with Crippen molar-refractivity contribution in [3.63, 3.8) is 0 Å². The van der Waals surface area contributed by atoms with Crippen molar-refractivity contribution in [2.45, 2.75) is 13.8 Å². The van der Waals surface area contributed by atoms with E-state index in [2.05, 4.69) is 273 Å². The Morgan fingerprint density at radius 2 is 0.440 bits per heavy atom. The van der Waals surface area contributed by atoms with Crippen LogP contribution in [0.1, 0.15) is 16.7 Å². The van der Waals surface area contributed by atoms with Gasteiger partial charge >= 0.3 is 0 Å². The van der Waals surface area contributed by atoms with E-state index in [1.54, 1.807) is 0 Å². The van der Waals surface area contributed by atoms with Crippen LogP contribution in [0.15, 0.2) is 231 Å². The maximum atomic E-state index is 12.9. The van der Waals surface area contributed by atoms with Crippen molar-refractivity contribution in [3.8, 4) is 34.5 Å². The predicted molar refractivity (Wildman–Crippen MR) is 312 cm³/mol. The summed E-state index contributed by atoms with van der Waals surface area (Å²) in [6.07, 6.45) is 0. The zero-order valence-corrected chi connectivity index (χ0v) is 41.1. The van der Waals surface area contributed by atoms with Crippen molar-refractivity contribution in [2.75, 3.05) is 0 Å². The summed E-state index contributed by atoms with van der Waals surface area (Å²) in [6.45, 7) is 4.36. The SMILES string of the molecule is Cc1ccc2c(c1)c1cc(C)ccc1n2-c1c(-n2c3ccccc3c3ccccc32)c(C#N)c(-n2c3ccccc3c3ccccc32)c(-n2c3ccccc3c3ccccc32)c1-n1c2ccccc2c2ccccc21. The molecule has 0 radical (unpaired) electrons. The highest BCUT2D eigenvalue weighted by Crippen LogP contribution is 2.51. The van der Waals surface area contributed by atoms with Crippen molar-refractivity contribution >= 4 is 109 Å². The topological polar surface area (TPSA) is 48.4 Å². The Labute approximate surface area is 430 Å². The summed E-state index contributed by atoms with van der Waals surface area (Å²) in [7, 11) is 0. The number of aryl methyl sites for hydroxylation is 2. The van der Waals surface area contributed by atoms with Crippen molar-refractivity contribution in [1.29, 1.82) is 5.26 Å². The van der Waals surface area contributed by atoms with Gasteiger partial charge in [0.05, 0.1) is 83.6 Å². The Kier molecular flexibility index (Phi) is 8.56. The molecule has 0 atom stereocenters. The highest BCUT2D eigenvalue weighted by Gasteiger charge is 2.36. The molecule has 0 aliphatic rings. The standard InChI is InChI=1S/C69H44N6/c1-42-35-37-63-52(39-42)53-40-43(2)36-38-64(53)75(63)68-66(72-57-29-13-5-21-46(57)47-22-6-14-30-58(47)72)54(41-70)65(71-55-27-11-3-19-44(55)45-20-4-12-28-56(45)71)67(73-59-31-15-7-23-48(59)49-24-8-16-32-60(49)73)69(68)74-61-33-17-9-25-50(61)51-26-10-18-34-62(51)74/h3-40H,1-2H3. The Balaban J connectivity index is 1.31. The molecule has 0 saturated carbocycles. The summed E-state index contributed by atoms with van der Waals surface area (Å²) < 4.78 is 12.3.